The van der Waals surface area contributed by atoms with Crippen molar-refractivity contribution >= 4 is 11.9 Å². The van der Waals surface area contributed by atoms with Crippen LogP contribution in [0.2, 0.25) is 0 Å². The van der Waals surface area contributed by atoms with Gasteiger partial charge in [-0.3, -0.25) is 9.59 Å². The second-order valence-electron chi connectivity index (χ2n) is 9.46. The molecule has 0 aliphatic rings. The van der Waals surface area contributed by atoms with Crippen molar-refractivity contribution in [3.8, 4) is 16.9 Å². The lowest BCUT2D eigenvalue weighted by Crippen LogP contribution is -2.23. The van der Waals surface area contributed by atoms with Crippen molar-refractivity contribution in [3.05, 3.63) is 89.5 Å². The van der Waals surface area contributed by atoms with Crippen LogP contribution < -0.4 is 4.74 Å². The Morgan fingerprint density at radius 2 is 1.56 bits per heavy atom. The summed E-state index contributed by atoms with van der Waals surface area (Å²) in [5.41, 5.74) is 4.16. The Morgan fingerprint density at radius 3 is 2.24 bits per heavy atom. The maximum atomic E-state index is 12.6. The summed E-state index contributed by atoms with van der Waals surface area (Å²) in [6, 6.07) is 23.5. The third-order valence-electron chi connectivity index (χ3n) is 5.17. The fraction of sp³-hybridized carbons (Fsp3) is 0.310. The number of ether oxygens (including phenoxy) is 2. The maximum Gasteiger partial charge on any atom is 0.306 e. The van der Waals surface area contributed by atoms with Gasteiger partial charge in [0.25, 0.3) is 5.91 Å². The Labute approximate surface area is 202 Å². The smallest absolute Gasteiger partial charge is 0.306 e. The molecule has 5 nitrogen and oxygen atoms in total. The molecule has 0 aromatic heterocycles. The second-order valence-corrected chi connectivity index (χ2v) is 9.46. The lowest BCUT2D eigenvalue weighted by Gasteiger charge is -2.19. The Hall–Kier alpha value is -3.60. The SMILES string of the molecule is CN(C)C(=O)c1ccccc1-c1cccc(COc2ccc(CCC(=O)OC(C)(C)C)cc2)c1. The minimum atomic E-state index is -0.462. The van der Waals surface area contributed by atoms with E-state index in [0.29, 0.717) is 25.0 Å². The second kappa shape index (κ2) is 11.0. The largest absolute Gasteiger partial charge is 0.489 e. The molecule has 3 rings (SSSR count). The highest BCUT2D eigenvalue weighted by molar-refractivity contribution is 6.00. The number of hydrogen-bond acceptors (Lipinski definition) is 4. The summed E-state index contributed by atoms with van der Waals surface area (Å²) in [6.45, 7) is 6.02. The van der Waals surface area contributed by atoms with E-state index in [2.05, 4.69) is 6.07 Å². The Morgan fingerprint density at radius 1 is 0.853 bits per heavy atom. The van der Waals surface area contributed by atoms with Crippen LogP contribution >= 0.6 is 0 Å². The first kappa shape index (κ1) is 25.0. The van der Waals surface area contributed by atoms with Gasteiger partial charge in [0, 0.05) is 26.1 Å². The van der Waals surface area contributed by atoms with Gasteiger partial charge in [-0.2, -0.15) is 0 Å². The number of rotatable bonds is 8. The van der Waals surface area contributed by atoms with Crippen LogP contribution in [-0.4, -0.2) is 36.5 Å². The van der Waals surface area contributed by atoms with E-state index in [9.17, 15) is 9.59 Å². The summed E-state index contributed by atoms with van der Waals surface area (Å²) < 4.78 is 11.3. The zero-order valence-corrected chi connectivity index (χ0v) is 20.6. The van der Waals surface area contributed by atoms with Gasteiger partial charge in [0.15, 0.2) is 0 Å². The average Bonchev–Trinajstić information content (AvgIpc) is 2.80. The standard InChI is InChI=1S/C29H33NO4/c1-29(2,3)34-27(31)18-15-21-13-16-24(17-14-21)33-20-22-9-8-10-23(19-22)25-11-6-7-12-26(25)28(32)30(4)5/h6-14,16-17,19H,15,18,20H2,1-5H3. The Kier molecular flexibility index (Phi) is 8.11. The van der Waals surface area contributed by atoms with Crippen LogP contribution in [0, 0.1) is 0 Å². The molecule has 0 spiro atoms. The van der Waals surface area contributed by atoms with Crippen molar-refractivity contribution in [1.29, 1.82) is 0 Å². The molecule has 0 saturated heterocycles. The van der Waals surface area contributed by atoms with E-state index >= 15 is 0 Å². The number of hydrogen-bond donors (Lipinski definition) is 0. The van der Waals surface area contributed by atoms with E-state index in [-0.39, 0.29) is 11.9 Å². The monoisotopic (exact) mass is 459 g/mol. The number of nitrogens with zero attached hydrogens (tertiary/aromatic N) is 1. The van der Waals surface area contributed by atoms with Crippen molar-refractivity contribution in [2.24, 2.45) is 0 Å². The molecule has 5 heteroatoms. The van der Waals surface area contributed by atoms with Gasteiger partial charge < -0.3 is 14.4 Å². The van der Waals surface area contributed by atoms with E-state index in [0.717, 1.165) is 28.0 Å². The fourth-order valence-electron chi connectivity index (χ4n) is 3.55. The highest BCUT2D eigenvalue weighted by atomic mass is 16.6. The molecule has 0 aliphatic heterocycles. The maximum absolute atomic E-state index is 12.6. The summed E-state index contributed by atoms with van der Waals surface area (Å²) in [5, 5.41) is 0. The molecule has 0 radical (unpaired) electrons. The van der Waals surface area contributed by atoms with Crippen molar-refractivity contribution in [2.75, 3.05) is 14.1 Å². The summed E-state index contributed by atoms with van der Waals surface area (Å²) in [7, 11) is 3.51. The van der Waals surface area contributed by atoms with Gasteiger partial charge in [0.05, 0.1) is 0 Å². The molecular formula is C29H33NO4. The molecule has 0 bridgehead atoms. The first-order valence-corrected chi connectivity index (χ1v) is 11.5. The molecule has 0 fully saturated rings. The lowest BCUT2D eigenvalue weighted by molar-refractivity contribution is -0.154. The van der Waals surface area contributed by atoms with Crippen LogP contribution in [0.25, 0.3) is 11.1 Å². The highest BCUT2D eigenvalue weighted by Crippen LogP contribution is 2.26. The van der Waals surface area contributed by atoms with Gasteiger partial charge in [-0.15, -0.1) is 0 Å². The van der Waals surface area contributed by atoms with Crippen molar-refractivity contribution in [3.63, 3.8) is 0 Å². The third-order valence-corrected chi connectivity index (χ3v) is 5.17. The van der Waals surface area contributed by atoms with Crippen LogP contribution in [0.3, 0.4) is 0 Å². The van der Waals surface area contributed by atoms with Crippen LogP contribution in [0.15, 0.2) is 72.8 Å². The molecule has 178 valence electrons. The van der Waals surface area contributed by atoms with Crippen LogP contribution in [0.5, 0.6) is 5.75 Å². The van der Waals surface area contributed by atoms with Crippen molar-refractivity contribution < 1.29 is 19.1 Å². The first-order valence-electron chi connectivity index (χ1n) is 11.5. The van der Waals surface area contributed by atoms with Gasteiger partial charge >= 0.3 is 5.97 Å². The van der Waals surface area contributed by atoms with Crippen LogP contribution in [0.1, 0.15) is 48.7 Å². The van der Waals surface area contributed by atoms with Gasteiger partial charge in [-0.25, -0.2) is 0 Å². The Balaban J connectivity index is 1.62. The lowest BCUT2D eigenvalue weighted by atomic mass is 9.97. The summed E-state index contributed by atoms with van der Waals surface area (Å²) in [4.78, 5) is 26.1. The quantitative estimate of drug-likeness (QED) is 0.393. The molecule has 3 aromatic rings. The molecule has 0 atom stereocenters. The number of aryl methyl sites for hydroxylation is 1. The first-order chi connectivity index (χ1) is 16.1. The number of carbonyl (C=O) groups is 2. The Bertz CT molecular complexity index is 1130. The van der Waals surface area contributed by atoms with Gasteiger partial charge in [-0.1, -0.05) is 48.5 Å². The van der Waals surface area contributed by atoms with Crippen molar-refractivity contribution in [1.82, 2.24) is 4.90 Å². The van der Waals surface area contributed by atoms with Gasteiger partial charge in [0.2, 0.25) is 0 Å². The van der Waals surface area contributed by atoms with Gasteiger partial charge in [0.1, 0.15) is 18.0 Å². The van der Waals surface area contributed by atoms with Crippen LogP contribution in [-0.2, 0) is 22.6 Å². The average molecular weight is 460 g/mol. The number of esters is 1. The zero-order valence-electron chi connectivity index (χ0n) is 20.6. The molecule has 3 aromatic carbocycles. The highest BCUT2D eigenvalue weighted by Gasteiger charge is 2.16. The predicted octanol–water partition coefficient (Wildman–Crippen LogP) is 5.91. The topological polar surface area (TPSA) is 55.8 Å². The molecule has 0 saturated carbocycles. The summed E-state index contributed by atoms with van der Waals surface area (Å²) in [5.74, 6) is 0.542. The van der Waals surface area contributed by atoms with E-state index < -0.39 is 5.60 Å². The molecule has 0 heterocycles. The number of carbonyl (C=O) groups excluding carboxylic acids is 2. The molecule has 0 aliphatic carbocycles. The molecule has 34 heavy (non-hydrogen) atoms. The van der Waals surface area contributed by atoms with E-state index in [4.69, 9.17) is 9.47 Å². The molecular weight excluding hydrogens is 426 g/mol. The van der Waals surface area contributed by atoms with Gasteiger partial charge in [-0.05, 0) is 73.7 Å². The normalized spacial score (nSPS) is 11.1. The van der Waals surface area contributed by atoms with E-state index in [1.807, 2.05) is 87.5 Å². The predicted molar refractivity (Wildman–Crippen MR) is 135 cm³/mol. The molecule has 0 N–H and O–H groups in total. The molecule has 1 amide bonds. The summed E-state index contributed by atoms with van der Waals surface area (Å²) >= 11 is 0. The van der Waals surface area contributed by atoms with E-state index in [1.54, 1.807) is 19.0 Å². The number of benzene rings is 3. The third kappa shape index (κ3) is 7.20. The fourth-order valence-corrected chi connectivity index (χ4v) is 3.55. The minimum absolute atomic E-state index is 0.0241. The van der Waals surface area contributed by atoms with Crippen molar-refractivity contribution in [2.45, 2.75) is 45.8 Å². The van der Waals surface area contributed by atoms with E-state index in [1.165, 1.54) is 0 Å². The minimum Gasteiger partial charge on any atom is -0.489 e. The molecule has 0 unspecified atom stereocenters. The van der Waals surface area contributed by atoms with Crippen LogP contribution in [0.4, 0.5) is 0 Å². The zero-order chi connectivity index (χ0) is 24.7. The number of amides is 1. The summed E-state index contributed by atoms with van der Waals surface area (Å²) in [6.07, 6.45) is 0.977.